The van der Waals surface area contributed by atoms with Gasteiger partial charge in [0.25, 0.3) is 0 Å². The van der Waals surface area contributed by atoms with Gasteiger partial charge < -0.3 is 14.4 Å². The van der Waals surface area contributed by atoms with Gasteiger partial charge in [-0.15, -0.1) is 0 Å². The molecule has 0 bridgehead atoms. The molecule has 1 amide bonds. The van der Waals surface area contributed by atoms with Crippen LogP contribution < -0.4 is 4.74 Å². The second kappa shape index (κ2) is 6.22. The maximum atomic E-state index is 13.4. The lowest BCUT2D eigenvalue weighted by molar-refractivity contribution is 0.0275. The molecule has 116 valence electrons. The van der Waals surface area contributed by atoms with Crippen molar-refractivity contribution in [1.29, 1.82) is 0 Å². The van der Waals surface area contributed by atoms with Gasteiger partial charge in [-0.3, -0.25) is 0 Å². The van der Waals surface area contributed by atoms with Gasteiger partial charge in [-0.25, -0.2) is 9.18 Å². The smallest absolute Gasteiger partial charge is 0.410 e. The summed E-state index contributed by atoms with van der Waals surface area (Å²) < 4.78 is 24.8. The van der Waals surface area contributed by atoms with Gasteiger partial charge in [0.05, 0.1) is 11.0 Å². The number of halogens is 2. The molecule has 0 aromatic heterocycles. The number of likely N-dealkylation sites (tertiary alicyclic amines) is 1. The molecular weight excluding hydrogens is 341 g/mol. The van der Waals surface area contributed by atoms with Crippen LogP contribution in [0.15, 0.2) is 22.7 Å². The molecule has 1 saturated heterocycles. The number of hydrogen-bond acceptors (Lipinski definition) is 3. The van der Waals surface area contributed by atoms with Crippen molar-refractivity contribution in [3.05, 3.63) is 28.5 Å². The first-order valence-electron chi connectivity index (χ1n) is 6.85. The summed E-state index contributed by atoms with van der Waals surface area (Å²) in [5.74, 6) is 0.0838. The number of carbonyl (C=O) groups is 1. The second-order valence-corrected chi connectivity index (χ2v) is 6.80. The molecule has 1 heterocycles. The molecule has 0 aliphatic carbocycles. The molecule has 0 radical (unpaired) electrons. The van der Waals surface area contributed by atoms with Gasteiger partial charge in [0, 0.05) is 13.0 Å². The van der Waals surface area contributed by atoms with Crippen molar-refractivity contribution < 1.29 is 18.7 Å². The average molecular weight is 360 g/mol. The Kier molecular flexibility index (Phi) is 4.76. The van der Waals surface area contributed by atoms with Crippen LogP contribution in [0.3, 0.4) is 0 Å². The van der Waals surface area contributed by atoms with E-state index in [0.29, 0.717) is 29.7 Å². The summed E-state index contributed by atoms with van der Waals surface area (Å²) in [4.78, 5) is 13.6. The van der Waals surface area contributed by atoms with E-state index in [0.717, 1.165) is 0 Å². The lowest BCUT2D eigenvalue weighted by Crippen LogP contribution is -2.36. The Morgan fingerprint density at radius 3 is 2.81 bits per heavy atom. The van der Waals surface area contributed by atoms with Crippen molar-refractivity contribution in [2.24, 2.45) is 0 Å². The van der Waals surface area contributed by atoms with Crippen molar-refractivity contribution in [2.75, 3.05) is 13.1 Å². The van der Waals surface area contributed by atoms with E-state index in [9.17, 15) is 9.18 Å². The molecule has 21 heavy (non-hydrogen) atoms. The number of benzene rings is 1. The zero-order chi connectivity index (χ0) is 15.6. The van der Waals surface area contributed by atoms with Crippen molar-refractivity contribution in [2.45, 2.75) is 38.9 Å². The van der Waals surface area contributed by atoms with Gasteiger partial charge in [-0.2, -0.15) is 0 Å². The van der Waals surface area contributed by atoms with E-state index in [1.165, 1.54) is 6.07 Å². The van der Waals surface area contributed by atoms with E-state index in [1.807, 2.05) is 20.8 Å². The first kappa shape index (κ1) is 16.1. The van der Waals surface area contributed by atoms with Crippen molar-refractivity contribution >= 4 is 22.0 Å². The van der Waals surface area contributed by atoms with Crippen molar-refractivity contribution in [3.8, 4) is 5.75 Å². The topological polar surface area (TPSA) is 38.8 Å². The number of carbonyl (C=O) groups excluding carboxylic acids is 1. The van der Waals surface area contributed by atoms with Crippen LogP contribution in [0, 0.1) is 5.82 Å². The maximum Gasteiger partial charge on any atom is 0.410 e. The fourth-order valence-electron chi connectivity index (χ4n) is 2.07. The number of ether oxygens (including phenoxy) is 2. The standard InChI is InChI=1S/C15H19BrFNO3/c1-15(2,3)21-14(19)18-8-7-10(9-18)20-12-6-4-5-11(17)13(12)16/h4-6,10H,7-9H2,1-3H3. The SMILES string of the molecule is CC(C)(C)OC(=O)N1CCC(Oc2cccc(F)c2Br)C1. The minimum absolute atomic E-state index is 0.157. The first-order chi connectivity index (χ1) is 9.76. The Bertz CT molecular complexity index is 530. The molecule has 0 spiro atoms. The molecule has 1 aromatic rings. The highest BCUT2D eigenvalue weighted by Crippen LogP contribution is 2.29. The van der Waals surface area contributed by atoms with Crippen LogP contribution in [0.2, 0.25) is 0 Å². The minimum Gasteiger partial charge on any atom is -0.487 e. The molecule has 1 aromatic carbocycles. The quantitative estimate of drug-likeness (QED) is 0.801. The van der Waals surface area contributed by atoms with Crippen LogP contribution in [-0.2, 0) is 4.74 Å². The van der Waals surface area contributed by atoms with Crippen LogP contribution in [0.5, 0.6) is 5.75 Å². The zero-order valence-electron chi connectivity index (χ0n) is 12.4. The predicted molar refractivity (Wildman–Crippen MR) is 80.9 cm³/mol. The van der Waals surface area contributed by atoms with Crippen LogP contribution in [0.25, 0.3) is 0 Å². The molecular formula is C15H19BrFNO3. The monoisotopic (exact) mass is 359 g/mol. The summed E-state index contributed by atoms with van der Waals surface area (Å²) in [5, 5.41) is 0. The Hall–Kier alpha value is -1.30. The lowest BCUT2D eigenvalue weighted by Gasteiger charge is -2.24. The molecule has 0 saturated carbocycles. The molecule has 1 unspecified atom stereocenters. The normalized spacial score (nSPS) is 18.7. The second-order valence-electron chi connectivity index (χ2n) is 6.01. The highest BCUT2D eigenvalue weighted by Gasteiger charge is 2.31. The zero-order valence-corrected chi connectivity index (χ0v) is 13.9. The number of amides is 1. The van der Waals surface area contributed by atoms with Crippen molar-refractivity contribution in [1.82, 2.24) is 4.90 Å². The molecule has 0 N–H and O–H groups in total. The van der Waals surface area contributed by atoms with E-state index in [1.54, 1.807) is 17.0 Å². The lowest BCUT2D eigenvalue weighted by atomic mass is 10.2. The van der Waals surface area contributed by atoms with E-state index >= 15 is 0 Å². The summed E-state index contributed by atoms with van der Waals surface area (Å²) in [6, 6.07) is 4.65. The first-order valence-corrected chi connectivity index (χ1v) is 7.64. The van der Waals surface area contributed by atoms with Gasteiger partial charge in [-0.05, 0) is 48.8 Å². The maximum absolute atomic E-state index is 13.4. The molecule has 1 aliphatic heterocycles. The number of nitrogens with zero attached hydrogens (tertiary/aromatic N) is 1. The van der Waals surface area contributed by atoms with Crippen LogP contribution in [0.1, 0.15) is 27.2 Å². The highest BCUT2D eigenvalue weighted by molar-refractivity contribution is 9.10. The van der Waals surface area contributed by atoms with E-state index in [4.69, 9.17) is 9.47 Å². The highest BCUT2D eigenvalue weighted by atomic mass is 79.9. The van der Waals surface area contributed by atoms with Gasteiger partial charge in [0.2, 0.25) is 0 Å². The largest absolute Gasteiger partial charge is 0.487 e. The van der Waals surface area contributed by atoms with Gasteiger partial charge in [0.15, 0.2) is 0 Å². The summed E-state index contributed by atoms with van der Waals surface area (Å²) in [5.41, 5.74) is -0.512. The Morgan fingerprint density at radius 1 is 1.43 bits per heavy atom. The third-order valence-corrected chi connectivity index (χ3v) is 3.78. The molecule has 1 aliphatic rings. The Morgan fingerprint density at radius 2 is 2.14 bits per heavy atom. The van der Waals surface area contributed by atoms with E-state index in [2.05, 4.69) is 15.9 Å². The Balaban J connectivity index is 1.94. The molecule has 1 fully saturated rings. The Labute approximate surface area is 132 Å². The van der Waals surface area contributed by atoms with Gasteiger partial charge in [-0.1, -0.05) is 6.07 Å². The molecule has 4 nitrogen and oxygen atoms in total. The predicted octanol–water partition coefficient (Wildman–Crippen LogP) is 3.98. The fraction of sp³-hybridized carbons (Fsp3) is 0.533. The molecule has 6 heteroatoms. The van der Waals surface area contributed by atoms with Crippen LogP contribution in [0.4, 0.5) is 9.18 Å². The summed E-state index contributed by atoms with van der Waals surface area (Å²) in [7, 11) is 0. The number of rotatable bonds is 2. The third kappa shape index (κ3) is 4.33. The minimum atomic E-state index is -0.512. The van der Waals surface area contributed by atoms with E-state index in [-0.39, 0.29) is 18.0 Å². The van der Waals surface area contributed by atoms with Gasteiger partial charge in [0.1, 0.15) is 23.3 Å². The summed E-state index contributed by atoms with van der Waals surface area (Å²) in [6.45, 7) is 6.51. The fourth-order valence-corrected chi connectivity index (χ4v) is 2.43. The summed E-state index contributed by atoms with van der Waals surface area (Å²) in [6.07, 6.45) is 0.199. The molecule has 1 atom stereocenters. The third-order valence-electron chi connectivity index (χ3n) is 3.01. The van der Waals surface area contributed by atoms with Crippen LogP contribution in [-0.4, -0.2) is 35.8 Å². The number of hydrogen-bond donors (Lipinski definition) is 0. The van der Waals surface area contributed by atoms with Crippen molar-refractivity contribution in [3.63, 3.8) is 0 Å². The average Bonchev–Trinajstić information content (AvgIpc) is 2.82. The molecule has 2 rings (SSSR count). The van der Waals surface area contributed by atoms with Gasteiger partial charge >= 0.3 is 6.09 Å². The van der Waals surface area contributed by atoms with Crippen LogP contribution >= 0.6 is 15.9 Å². The summed E-state index contributed by atoms with van der Waals surface area (Å²) >= 11 is 3.17. The van der Waals surface area contributed by atoms with E-state index < -0.39 is 5.60 Å².